The minimum Gasteiger partial charge on any atom is -0.327 e. The lowest BCUT2D eigenvalue weighted by molar-refractivity contribution is 0.337. The van der Waals surface area contributed by atoms with Crippen molar-refractivity contribution in [2.45, 2.75) is 6.17 Å². The molecule has 0 spiro atoms. The Kier molecular flexibility index (Phi) is 3.11. The number of nitrogens with two attached hydrogens (primary N) is 1. The summed E-state index contributed by atoms with van der Waals surface area (Å²) in [4.78, 5) is 3.34. The van der Waals surface area contributed by atoms with Crippen LogP contribution in [0.15, 0.2) is 16.7 Å². The average Bonchev–Trinajstić information content (AvgIpc) is 2.08. The molecule has 1 heterocycles. The molecule has 0 aliphatic carbocycles. The third kappa shape index (κ3) is 1.98. The van der Waals surface area contributed by atoms with Crippen LogP contribution >= 0.6 is 15.9 Å². The minimum atomic E-state index is -1.49. The number of alkyl halides is 1. The van der Waals surface area contributed by atoms with Crippen LogP contribution in [0, 0.1) is 5.95 Å². The number of rotatable bonds is 2. The number of aromatic nitrogens is 1. The van der Waals surface area contributed by atoms with Crippen molar-refractivity contribution in [1.29, 1.82) is 0 Å². The molecule has 66 valence electrons. The number of halogens is 3. The van der Waals surface area contributed by atoms with Crippen LogP contribution in [0.3, 0.4) is 0 Å². The van der Waals surface area contributed by atoms with Crippen LogP contribution in [-0.2, 0) is 0 Å². The largest absolute Gasteiger partial charge is 0.327 e. The van der Waals surface area contributed by atoms with Gasteiger partial charge in [0.25, 0.3) is 0 Å². The van der Waals surface area contributed by atoms with E-state index in [2.05, 4.69) is 20.9 Å². The normalized spacial score (nSPS) is 13.0. The molecular formula is C7H7BrF2N2. The number of pyridine rings is 1. The zero-order chi connectivity index (χ0) is 9.14. The van der Waals surface area contributed by atoms with Gasteiger partial charge in [0.2, 0.25) is 5.95 Å². The molecule has 1 aromatic heterocycles. The Morgan fingerprint density at radius 3 is 2.92 bits per heavy atom. The van der Waals surface area contributed by atoms with E-state index in [4.69, 9.17) is 5.73 Å². The fourth-order valence-corrected chi connectivity index (χ4v) is 1.13. The van der Waals surface area contributed by atoms with Crippen LogP contribution in [0.1, 0.15) is 11.7 Å². The molecule has 0 radical (unpaired) electrons. The molecule has 2 N–H and O–H groups in total. The molecule has 0 amide bonds. The fraction of sp³-hybridized carbons (Fsp3) is 0.286. The third-order valence-corrected chi connectivity index (χ3v) is 1.81. The third-order valence-electron chi connectivity index (χ3n) is 1.38. The van der Waals surface area contributed by atoms with Gasteiger partial charge in [-0.05, 0) is 22.0 Å². The highest BCUT2D eigenvalue weighted by Crippen LogP contribution is 2.21. The lowest BCUT2D eigenvalue weighted by Gasteiger charge is -2.05. The molecule has 0 aromatic carbocycles. The maximum Gasteiger partial charge on any atom is 0.219 e. The van der Waals surface area contributed by atoms with Crippen LogP contribution in [0.2, 0.25) is 0 Å². The summed E-state index contributed by atoms with van der Waals surface area (Å²) in [5, 5.41) is 0. The van der Waals surface area contributed by atoms with Crippen molar-refractivity contribution in [1.82, 2.24) is 4.98 Å². The number of nitrogens with zero attached hydrogens (tertiary/aromatic N) is 1. The topological polar surface area (TPSA) is 38.9 Å². The van der Waals surface area contributed by atoms with E-state index >= 15 is 0 Å². The van der Waals surface area contributed by atoms with Crippen LogP contribution in [0.4, 0.5) is 8.78 Å². The van der Waals surface area contributed by atoms with Gasteiger partial charge >= 0.3 is 0 Å². The van der Waals surface area contributed by atoms with Gasteiger partial charge in [0.1, 0.15) is 6.17 Å². The fourth-order valence-electron chi connectivity index (χ4n) is 0.785. The predicted molar refractivity (Wildman–Crippen MR) is 44.8 cm³/mol. The van der Waals surface area contributed by atoms with E-state index in [0.29, 0.717) is 4.47 Å². The molecular weight excluding hydrogens is 230 g/mol. The smallest absolute Gasteiger partial charge is 0.219 e. The first kappa shape index (κ1) is 9.54. The van der Waals surface area contributed by atoms with Crippen LogP contribution in [0.5, 0.6) is 0 Å². The Morgan fingerprint density at radius 1 is 1.67 bits per heavy atom. The van der Waals surface area contributed by atoms with E-state index in [0.717, 1.165) is 0 Å². The van der Waals surface area contributed by atoms with E-state index in [9.17, 15) is 8.78 Å². The molecule has 2 nitrogen and oxygen atoms in total. The van der Waals surface area contributed by atoms with Gasteiger partial charge in [0.05, 0.1) is 0 Å². The molecule has 1 aromatic rings. The summed E-state index contributed by atoms with van der Waals surface area (Å²) in [6.45, 7) is -0.241. The van der Waals surface area contributed by atoms with Crippen molar-refractivity contribution in [3.8, 4) is 0 Å². The number of hydrogen-bond donors (Lipinski definition) is 1. The molecule has 0 aliphatic rings. The highest BCUT2D eigenvalue weighted by atomic mass is 79.9. The Labute approximate surface area is 76.9 Å². The van der Waals surface area contributed by atoms with Crippen molar-refractivity contribution >= 4 is 15.9 Å². The first-order valence-electron chi connectivity index (χ1n) is 3.30. The van der Waals surface area contributed by atoms with E-state index in [-0.39, 0.29) is 12.1 Å². The standard InChI is InChI=1S/C7H7BrF2N2/c8-4-1-5(6(9)2-11)7(10)12-3-4/h1,3,6H,2,11H2. The zero-order valence-electron chi connectivity index (χ0n) is 6.10. The van der Waals surface area contributed by atoms with Crippen LogP contribution in [0.25, 0.3) is 0 Å². The molecule has 0 fully saturated rings. The van der Waals surface area contributed by atoms with Gasteiger partial charge in [-0.15, -0.1) is 0 Å². The Morgan fingerprint density at radius 2 is 2.33 bits per heavy atom. The molecule has 1 unspecified atom stereocenters. The molecule has 1 rings (SSSR count). The Balaban J connectivity index is 3.04. The summed E-state index contributed by atoms with van der Waals surface area (Å²) in [6.07, 6.45) is -0.225. The minimum absolute atomic E-state index is 0.105. The van der Waals surface area contributed by atoms with Crippen LogP contribution in [-0.4, -0.2) is 11.5 Å². The van der Waals surface area contributed by atoms with E-state index in [1.807, 2.05) is 0 Å². The molecule has 0 saturated carbocycles. The summed E-state index contributed by atoms with van der Waals surface area (Å²) in [5.74, 6) is -0.809. The van der Waals surface area contributed by atoms with Gasteiger partial charge in [0, 0.05) is 22.8 Å². The quantitative estimate of drug-likeness (QED) is 0.798. The Hall–Kier alpha value is -0.550. The van der Waals surface area contributed by atoms with Crippen molar-refractivity contribution in [3.05, 3.63) is 28.2 Å². The highest BCUT2D eigenvalue weighted by Gasteiger charge is 2.13. The molecule has 0 aliphatic heterocycles. The van der Waals surface area contributed by atoms with Crippen LogP contribution < -0.4 is 5.73 Å². The second kappa shape index (κ2) is 3.91. The lowest BCUT2D eigenvalue weighted by Crippen LogP contribution is -2.10. The summed E-state index contributed by atoms with van der Waals surface area (Å²) in [7, 11) is 0. The van der Waals surface area contributed by atoms with E-state index < -0.39 is 12.1 Å². The van der Waals surface area contributed by atoms with Gasteiger partial charge in [-0.2, -0.15) is 4.39 Å². The highest BCUT2D eigenvalue weighted by molar-refractivity contribution is 9.10. The van der Waals surface area contributed by atoms with Gasteiger partial charge in [0.15, 0.2) is 0 Å². The maximum atomic E-state index is 12.9. The molecule has 0 saturated heterocycles. The monoisotopic (exact) mass is 236 g/mol. The maximum absolute atomic E-state index is 12.9. The second-order valence-electron chi connectivity index (χ2n) is 2.24. The van der Waals surface area contributed by atoms with Crippen molar-refractivity contribution in [3.63, 3.8) is 0 Å². The molecule has 5 heteroatoms. The summed E-state index contributed by atoms with van der Waals surface area (Å²) >= 11 is 3.06. The van der Waals surface area contributed by atoms with E-state index in [1.165, 1.54) is 12.3 Å². The Bertz CT molecular complexity index is 280. The lowest BCUT2D eigenvalue weighted by atomic mass is 10.2. The average molecular weight is 237 g/mol. The van der Waals surface area contributed by atoms with E-state index in [1.54, 1.807) is 0 Å². The molecule has 1 atom stereocenters. The summed E-state index contributed by atoms with van der Waals surface area (Å²) < 4.78 is 26.2. The predicted octanol–water partition coefficient (Wildman–Crippen LogP) is 1.95. The van der Waals surface area contributed by atoms with Gasteiger partial charge in [-0.25, -0.2) is 9.37 Å². The SMILES string of the molecule is NCC(F)c1cc(Br)cnc1F. The molecule has 0 bridgehead atoms. The van der Waals surface area contributed by atoms with Gasteiger partial charge in [-0.1, -0.05) is 0 Å². The number of hydrogen-bond acceptors (Lipinski definition) is 2. The molecule has 12 heavy (non-hydrogen) atoms. The first-order valence-corrected chi connectivity index (χ1v) is 4.09. The summed E-state index contributed by atoms with van der Waals surface area (Å²) in [5.41, 5.74) is 4.93. The van der Waals surface area contributed by atoms with Gasteiger partial charge < -0.3 is 5.73 Å². The van der Waals surface area contributed by atoms with Crippen molar-refractivity contribution < 1.29 is 8.78 Å². The summed E-state index contributed by atoms with van der Waals surface area (Å²) in [6, 6.07) is 1.33. The van der Waals surface area contributed by atoms with Crippen molar-refractivity contribution in [2.24, 2.45) is 5.73 Å². The first-order chi connectivity index (χ1) is 5.65. The zero-order valence-corrected chi connectivity index (χ0v) is 7.68. The van der Waals surface area contributed by atoms with Crippen molar-refractivity contribution in [2.75, 3.05) is 6.54 Å². The second-order valence-corrected chi connectivity index (χ2v) is 3.15. The van der Waals surface area contributed by atoms with Gasteiger partial charge in [-0.3, -0.25) is 0 Å².